The SMILES string of the molecule is CCCc1c(C(=O)O)nnn1CC1(O)CCCCC1. The summed E-state index contributed by atoms with van der Waals surface area (Å²) in [5.74, 6) is -1.05. The molecule has 0 aliphatic heterocycles. The molecule has 1 saturated carbocycles. The lowest BCUT2D eigenvalue weighted by Gasteiger charge is -2.32. The highest BCUT2D eigenvalue weighted by atomic mass is 16.4. The number of aliphatic hydroxyl groups is 1. The van der Waals surface area contributed by atoms with Crippen LogP contribution in [0, 0.1) is 0 Å². The number of carbonyl (C=O) groups is 1. The third-order valence-electron chi connectivity index (χ3n) is 3.76. The van der Waals surface area contributed by atoms with E-state index >= 15 is 0 Å². The zero-order valence-electron chi connectivity index (χ0n) is 11.3. The molecule has 106 valence electrons. The van der Waals surface area contributed by atoms with Crippen molar-refractivity contribution in [1.29, 1.82) is 0 Å². The van der Waals surface area contributed by atoms with E-state index in [0.717, 1.165) is 38.5 Å². The molecule has 6 nitrogen and oxygen atoms in total. The molecule has 1 aliphatic carbocycles. The van der Waals surface area contributed by atoms with Gasteiger partial charge in [-0.2, -0.15) is 0 Å². The highest BCUT2D eigenvalue weighted by Crippen LogP contribution is 2.29. The van der Waals surface area contributed by atoms with Crippen molar-refractivity contribution in [1.82, 2.24) is 15.0 Å². The first-order valence-electron chi connectivity index (χ1n) is 6.94. The molecule has 0 amide bonds. The standard InChI is InChI=1S/C13H21N3O3/c1-2-6-10-11(12(17)18)14-15-16(10)9-13(19)7-4-3-5-8-13/h19H,2-9H2,1H3,(H,17,18). The van der Waals surface area contributed by atoms with Gasteiger partial charge in [-0.15, -0.1) is 5.10 Å². The number of carboxylic acids is 1. The fraction of sp³-hybridized carbons (Fsp3) is 0.769. The van der Waals surface area contributed by atoms with Gasteiger partial charge in [-0.25, -0.2) is 9.48 Å². The summed E-state index contributed by atoms with van der Waals surface area (Å²) in [5, 5.41) is 27.3. The largest absolute Gasteiger partial charge is 0.476 e. The molecule has 1 aromatic heterocycles. The zero-order chi connectivity index (χ0) is 13.9. The molecule has 2 N–H and O–H groups in total. The molecule has 0 bridgehead atoms. The van der Waals surface area contributed by atoms with Gasteiger partial charge in [0, 0.05) is 0 Å². The van der Waals surface area contributed by atoms with Gasteiger partial charge in [0.2, 0.25) is 0 Å². The topological polar surface area (TPSA) is 88.2 Å². The molecule has 1 heterocycles. The number of nitrogens with zero attached hydrogens (tertiary/aromatic N) is 3. The Hall–Kier alpha value is -1.43. The van der Waals surface area contributed by atoms with Crippen LogP contribution in [0.15, 0.2) is 0 Å². The molecular formula is C13H21N3O3. The maximum Gasteiger partial charge on any atom is 0.358 e. The number of hydrogen-bond donors (Lipinski definition) is 2. The first kappa shape index (κ1) is 14.0. The maximum absolute atomic E-state index is 11.1. The van der Waals surface area contributed by atoms with Crippen molar-refractivity contribution in [3.63, 3.8) is 0 Å². The summed E-state index contributed by atoms with van der Waals surface area (Å²) in [6, 6.07) is 0. The molecule has 6 heteroatoms. The predicted octanol–water partition coefficient (Wildman–Crippen LogP) is 1.62. The Morgan fingerprint density at radius 3 is 2.63 bits per heavy atom. The molecule has 19 heavy (non-hydrogen) atoms. The van der Waals surface area contributed by atoms with Crippen LogP contribution in [-0.4, -0.2) is 36.8 Å². The van der Waals surface area contributed by atoms with Crippen molar-refractivity contribution in [2.45, 2.75) is 64.0 Å². The molecule has 0 spiro atoms. The van der Waals surface area contributed by atoms with Gasteiger partial charge in [-0.3, -0.25) is 0 Å². The summed E-state index contributed by atoms with van der Waals surface area (Å²) >= 11 is 0. The lowest BCUT2D eigenvalue weighted by molar-refractivity contribution is -0.0153. The molecule has 1 aliphatic rings. The third-order valence-corrected chi connectivity index (χ3v) is 3.76. The second-order valence-corrected chi connectivity index (χ2v) is 5.38. The smallest absolute Gasteiger partial charge is 0.358 e. The molecule has 1 aromatic rings. The average Bonchev–Trinajstić information content (AvgIpc) is 2.73. The van der Waals surface area contributed by atoms with Gasteiger partial charge in [0.1, 0.15) is 0 Å². The van der Waals surface area contributed by atoms with E-state index in [1.807, 2.05) is 6.92 Å². The minimum absolute atomic E-state index is 0.0151. The van der Waals surface area contributed by atoms with Crippen LogP contribution in [0.5, 0.6) is 0 Å². The maximum atomic E-state index is 11.1. The third kappa shape index (κ3) is 3.12. The number of carboxylic acid groups (broad SMARTS) is 1. The quantitative estimate of drug-likeness (QED) is 0.846. The van der Waals surface area contributed by atoms with Crippen LogP contribution < -0.4 is 0 Å². The summed E-state index contributed by atoms with van der Waals surface area (Å²) in [5.41, 5.74) is -0.125. The van der Waals surface area contributed by atoms with Crippen LogP contribution >= 0.6 is 0 Å². The Balaban J connectivity index is 2.21. The highest BCUT2D eigenvalue weighted by molar-refractivity contribution is 5.86. The van der Waals surface area contributed by atoms with Crippen LogP contribution in [0.3, 0.4) is 0 Å². The van der Waals surface area contributed by atoms with Gasteiger partial charge in [-0.1, -0.05) is 37.8 Å². The number of aromatic nitrogens is 3. The summed E-state index contributed by atoms with van der Waals surface area (Å²) in [6.45, 7) is 2.33. The van der Waals surface area contributed by atoms with Crippen LogP contribution in [0.2, 0.25) is 0 Å². The van der Waals surface area contributed by atoms with E-state index < -0.39 is 11.6 Å². The Morgan fingerprint density at radius 2 is 2.05 bits per heavy atom. The first-order valence-corrected chi connectivity index (χ1v) is 6.94. The molecular weight excluding hydrogens is 246 g/mol. The Morgan fingerprint density at radius 1 is 1.37 bits per heavy atom. The minimum Gasteiger partial charge on any atom is -0.476 e. The van der Waals surface area contributed by atoms with Crippen LogP contribution in [0.25, 0.3) is 0 Å². The molecule has 0 aromatic carbocycles. The Kier molecular flexibility index (Phi) is 4.19. The molecule has 0 saturated heterocycles. The molecule has 0 radical (unpaired) electrons. The van der Waals surface area contributed by atoms with Crippen molar-refractivity contribution >= 4 is 5.97 Å². The summed E-state index contributed by atoms with van der Waals surface area (Å²) in [6.07, 6.45) is 6.13. The summed E-state index contributed by atoms with van der Waals surface area (Å²) < 4.78 is 1.58. The average molecular weight is 267 g/mol. The minimum atomic E-state index is -1.05. The highest BCUT2D eigenvalue weighted by Gasteiger charge is 2.31. The molecule has 1 fully saturated rings. The summed E-state index contributed by atoms with van der Waals surface area (Å²) in [4.78, 5) is 11.1. The van der Waals surface area contributed by atoms with Crippen molar-refractivity contribution in [2.75, 3.05) is 0 Å². The Bertz CT molecular complexity index is 450. The van der Waals surface area contributed by atoms with E-state index in [0.29, 0.717) is 18.7 Å². The Labute approximate surface area is 112 Å². The monoisotopic (exact) mass is 267 g/mol. The van der Waals surface area contributed by atoms with E-state index in [9.17, 15) is 9.90 Å². The van der Waals surface area contributed by atoms with E-state index in [-0.39, 0.29) is 5.69 Å². The van der Waals surface area contributed by atoms with Gasteiger partial charge in [0.15, 0.2) is 5.69 Å². The van der Waals surface area contributed by atoms with E-state index in [4.69, 9.17) is 5.11 Å². The fourth-order valence-corrected chi connectivity index (χ4v) is 2.76. The van der Waals surface area contributed by atoms with Crippen LogP contribution in [0.4, 0.5) is 0 Å². The van der Waals surface area contributed by atoms with Gasteiger partial charge in [0.25, 0.3) is 0 Å². The van der Waals surface area contributed by atoms with E-state index in [1.165, 1.54) is 0 Å². The fourth-order valence-electron chi connectivity index (χ4n) is 2.76. The lowest BCUT2D eigenvalue weighted by Crippen LogP contribution is -2.37. The lowest BCUT2D eigenvalue weighted by atomic mass is 9.85. The van der Waals surface area contributed by atoms with Gasteiger partial charge in [0.05, 0.1) is 17.8 Å². The van der Waals surface area contributed by atoms with Crippen molar-refractivity contribution in [2.24, 2.45) is 0 Å². The summed E-state index contributed by atoms with van der Waals surface area (Å²) in [7, 11) is 0. The van der Waals surface area contributed by atoms with Crippen LogP contribution in [-0.2, 0) is 13.0 Å². The number of hydrogen-bond acceptors (Lipinski definition) is 4. The van der Waals surface area contributed by atoms with Crippen molar-refractivity contribution < 1.29 is 15.0 Å². The number of aromatic carboxylic acids is 1. The van der Waals surface area contributed by atoms with Crippen molar-refractivity contribution in [3.05, 3.63) is 11.4 Å². The van der Waals surface area contributed by atoms with Crippen molar-refractivity contribution in [3.8, 4) is 0 Å². The van der Waals surface area contributed by atoms with Gasteiger partial charge < -0.3 is 10.2 Å². The predicted molar refractivity (Wildman–Crippen MR) is 69.0 cm³/mol. The van der Waals surface area contributed by atoms with Gasteiger partial charge >= 0.3 is 5.97 Å². The second-order valence-electron chi connectivity index (χ2n) is 5.38. The first-order chi connectivity index (χ1) is 9.06. The normalized spacial score (nSPS) is 18.4. The number of rotatable bonds is 5. The van der Waals surface area contributed by atoms with Crippen LogP contribution in [0.1, 0.15) is 61.6 Å². The molecule has 0 atom stereocenters. The second kappa shape index (κ2) is 5.69. The molecule has 0 unspecified atom stereocenters. The molecule has 2 rings (SSSR count). The zero-order valence-corrected chi connectivity index (χ0v) is 11.3. The van der Waals surface area contributed by atoms with E-state index in [1.54, 1.807) is 4.68 Å². The van der Waals surface area contributed by atoms with E-state index in [2.05, 4.69) is 10.3 Å². The van der Waals surface area contributed by atoms with Gasteiger partial charge in [-0.05, 0) is 19.3 Å².